The van der Waals surface area contributed by atoms with Gasteiger partial charge in [0.1, 0.15) is 0 Å². The van der Waals surface area contributed by atoms with Gasteiger partial charge in [0.05, 0.1) is 0 Å². The summed E-state index contributed by atoms with van der Waals surface area (Å²) in [4.78, 5) is 10.5. The number of nitrogens with one attached hydrogen (secondary N) is 1. The first-order chi connectivity index (χ1) is 6.97. The molecule has 0 aromatic carbocycles. The fourth-order valence-electron chi connectivity index (χ4n) is 1.42. The highest BCUT2D eigenvalue weighted by Crippen LogP contribution is 2.21. The third-order valence-electron chi connectivity index (χ3n) is 2.18. The quantitative estimate of drug-likeness (QED) is 0.579. The summed E-state index contributed by atoms with van der Waals surface area (Å²) < 4.78 is 0. The lowest BCUT2D eigenvalue weighted by Gasteiger charge is -2.29. The van der Waals surface area contributed by atoms with Crippen LogP contribution in [0.15, 0.2) is 9.98 Å². The second-order valence-corrected chi connectivity index (χ2v) is 4.00. The Morgan fingerprint density at radius 2 is 2.13 bits per heavy atom. The minimum Gasteiger partial charge on any atom is -0.396 e. The molecule has 0 saturated heterocycles. The second-order valence-electron chi connectivity index (χ2n) is 4.00. The van der Waals surface area contributed by atoms with Crippen molar-refractivity contribution < 1.29 is 5.11 Å². The highest BCUT2D eigenvalue weighted by molar-refractivity contribution is 5.99. The van der Waals surface area contributed by atoms with Gasteiger partial charge in [0.2, 0.25) is 5.96 Å². The first-order valence-corrected chi connectivity index (χ1v) is 4.97. The van der Waals surface area contributed by atoms with Gasteiger partial charge in [-0.15, -0.1) is 0 Å². The van der Waals surface area contributed by atoms with Crippen LogP contribution in [0.25, 0.3) is 0 Å². The molecule has 1 unspecified atom stereocenters. The van der Waals surface area contributed by atoms with Crippen molar-refractivity contribution in [2.75, 3.05) is 20.7 Å². The Hall–Kier alpha value is -1.30. The molecule has 0 amide bonds. The Morgan fingerprint density at radius 3 is 2.67 bits per heavy atom. The van der Waals surface area contributed by atoms with E-state index < -0.39 is 5.66 Å². The van der Waals surface area contributed by atoms with Gasteiger partial charge in [0, 0.05) is 20.7 Å². The van der Waals surface area contributed by atoms with Gasteiger partial charge in [0.25, 0.3) is 0 Å². The zero-order valence-corrected chi connectivity index (χ0v) is 9.49. The molecule has 6 heteroatoms. The molecule has 0 fully saturated rings. The van der Waals surface area contributed by atoms with Crippen molar-refractivity contribution in [3.05, 3.63) is 0 Å². The smallest absolute Gasteiger partial charge is 0.202 e. The van der Waals surface area contributed by atoms with Gasteiger partial charge >= 0.3 is 0 Å². The molecule has 1 aliphatic heterocycles. The average Bonchev–Trinajstić information content (AvgIpc) is 2.13. The second kappa shape index (κ2) is 4.48. The number of nitrogens with zero attached hydrogens (tertiary/aromatic N) is 3. The summed E-state index contributed by atoms with van der Waals surface area (Å²) in [6.07, 6.45) is 1.35. The van der Waals surface area contributed by atoms with Crippen molar-refractivity contribution in [3.63, 3.8) is 0 Å². The normalized spacial score (nSPS) is 25.3. The molecule has 0 radical (unpaired) electrons. The molecule has 86 valence electrons. The molecule has 4 N–H and O–H groups in total. The molecular formula is C9H19N5O. The molecule has 0 bridgehead atoms. The summed E-state index contributed by atoms with van der Waals surface area (Å²) in [5, 5.41) is 11.7. The molecular weight excluding hydrogens is 194 g/mol. The largest absolute Gasteiger partial charge is 0.396 e. The number of rotatable bonds is 3. The van der Waals surface area contributed by atoms with Crippen molar-refractivity contribution >= 4 is 11.9 Å². The van der Waals surface area contributed by atoms with Crippen molar-refractivity contribution in [2.45, 2.75) is 25.4 Å². The average molecular weight is 213 g/mol. The molecule has 0 saturated carbocycles. The summed E-state index contributed by atoms with van der Waals surface area (Å²) in [5.41, 5.74) is 5.12. The molecule has 0 aliphatic carbocycles. The molecule has 6 nitrogen and oxygen atoms in total. The van der Waals surface area contributed by atoms with E-state index in [1.807, 2.05) is 25.9 Å². The number of hydrogen-bond acceptors (Lipinski definition) is 6. The van der Waals surface area contributed by atoms with Gasteiger partial charge in [-0.2, -0.15) is 0 Å². The van der Waals surface area contributed by atoms with Crippen molar-refractivity contribution in [1.29, 1.82) is 0 Å². The Labute approximate surface area is 89.9 Å². The van der Waals surface area contributed by atoms with Crippen LogP contribution in [0.5, 0.6) is 0 Å². The molecule has 0 aromatic rings. The van der Waals surface area contributed by atoms with E-state index >= 15 is 0 Å². The Bertz CT molecular complexity index is 286. The maximum Gasteiger partial charge on any atom is 0.202 e. The topological polar surface area (TPSA) is 86.2 Å². The standard InChI is InChI=1S/C9H19N5O/c1-9(5-4-6-15)12-7(10)11-8(13-9)14(2)3/h15H,4-6H2,1-3H3,(H3,10,11,12,13). The maximum atomic E-state index is 8.80. The molecule has 1 heterocycles. The van der Waals surface area contributed by atoms with Crippen LogP contribution in [0.1, 0.15) is 19.8 Å². The highest BCUT2D eigenvalue weighted by atomic mass is 16.2. The lowest BCUT2D eigenvalue weighted by atomic mass is 10.1. The summed E-state index contributed by atoms with van der Waals surface area (Å²) in [6, 6.07) is 0. The van der Waals surface area contributed by atoms with Crippen LogP contribution in [0.4, 0.5) is 0 Å². The van der Waals surface area contributed by atoms with Crippen LogP contribution in [0.2, 0.25) is 0 Å². The molecule has 0 aromatic heterocycles. The van der Waals surface area contributed by atoms with E-state index in [1.54, 1.807) is 0 Å². The van der Waals surface area contributed by atoms with Crippen LogP contribution in [-0.2, 0) is 0 Å². The zero-order valence-electron chi connectivity index (χ0n) is 9.49. The lowest BCUT2D eigenvalue weighted by molar-refractivity contribution is 0.266. The van der Waals surface area contributed by atoms with Crippen molar-refractivity contribution in [2.24, 2.45) is 15.7 Å². The summed E-state index contributed by atoms with van der Waals surface area (Å²) in [5.74, 6) is 1.07. The molecule has 1 atom stereocenters. The minimum absolute atomic E-state index is 0.144. The van der Waals surface area contributed by atoms with E-state index in [0.29, 0.717) is 24.8 Å². The number of nitrogens with two attached hydrogens (primary N) is 1. The molecule has 1 aliphatic rings. The van der Waals surface area contributed by atoms with Gasteiger partial charge in [-0.05, 0) is 19.8 Å². The maximum absolute atomic E-state index is 8.80. The van der Waals surface area contributed by atoms with E-state index in [0.717, 1.165) is 0 Å². The first-order valence-electron chi connectivity index (χ1n) is 4.97. The van der Waals surface area contributed by atoms with Crippen LogP contribution in [-0.4, -0.2) is 48.3 Å². The third-order valence-corrected chi connectivity index (χ3v) is 2.18. The lowest BCUT2D eigenvalue weighted by Crippen LogP contribution is -2.50. The number of hydrogen-bond donors (Lipinski definition) is 3. The SMILES string of the molecule is CN(C)C1=NC(C)(CCCO)N=C(N)N1. The molecule has 0 spiro atoms. The predicted molar refractivity (Wildman–Crippen MR) is 60.6 cm³/mol. The summed E-state index contributed by atoms with van der Waals surface area (Å²) >= 11 is 0. The monoisotopic (exact) mass is 213 g/mol. The van der Waals surface area contributed by atoms with Gasteiger partial charge in [0.15, 0.2) is 11.6 Å². The number of aliphatic imine (C=N–C) groups is 2. The first kappa shape index (κ1) is 11.8. The van der Waals surface area contributed by atoms with Gasteiger partial charge in [-0.25, -0.2) is 9.98 Å². The van der Waals surface area contributed by atoms with Crippen molar-refractivity contribution in [1.82, 2.24) is 10.2 Å². The zero-order chi connectivity index (χ0) is 11.5. The summed E-state index contributed by atoms with van der Waals surface area (Å²) in [6.45, 7) is 2.05. The van der Waals surface area contributed by atoms with Crippen LogP contribution >= 0.6 is 0 Å². The van der Waals surface area contributed by atoms with E-state index in [2.05, 4.69) is 15.3 Å². The van der Waals surface area contributed by atoms with E-state index in [-0.39, 0.29) is 6.61 Å². The summed E-state index contributed by atoms with van der Waals surface area (Å²) in [7, 11) is 3.77. The fraction of sp³-hybridized carbons (Fsp3) is 0.778. The predicted octanol–water partition coefficient (Wildman–Crippen LogP) is -0.689. The molecule has 1 rings (SSSR count). The minimum atomic E-state index is -0.558. The van der Waals surface area contributed by atoms with Crippen LogP contribution < -0.4 is 11.1 Å². The third kappa shape index (κ3) is 3.09. The number of aliphatic hydroxyl groups excluding tert-OH is 1. The van der Waals surface area contributed by atoms with Crippen LogP contribution in [0, 0.1) is 0 Å². The number of aliphatic hydroxyl groups is 1. The van der Waals surface area contributed by atoms with Gasteiger partial charge in [-0.1, -0.05) is 0 Å². The Balaban J connectivity index is 2.81. The highest BCUT2D eigenvalue weighted by Gasteiger charge is 2.27. The molecule has 15 heavy (non-hydrogen) atoms. The van der Waals surface area contributed by atoms with Crippen molar-refractivity contribution in [3.8, 4) is 0 Å². The van der Waals surface area contributed by atoms with Gasteiger partial charge in [-0.3, -0.25) is 5.32 Å². The van der Waals surface area contributed by atoms with Gasteiger partial charge < -0.3 is 15.7 Å². The van der Waals surface area contributed by atoms with E-state index in [9.17, 15) is 0 Å². The fourth-order valence-corrected chi connectivity index (χ4v) is 1.42. The van der Waals surface area contributed by atoms with E-state index in [4.69, 9.17) is 10.8 Å². The van der Waals surface area contributed by atoms with Crippen LogP contribution in [0.3, 0.4) is 0 Å². The number of guanidine groups is 2. The Morgan fingerprint density at radius 1 is 1.47 bits per heavy atom. The Kier molecular flexibility index (Phi) is 3.52. The van der Waals surface area contributed by atoms with E-state index in [1.165, 1.54) is 0 Å².